The van der Waals surface area contributed by atoms with Crippen molar-refractivity contribution in [3.63, 3.8) is 0 Å². The topological polar surface area (TPSA) is 76.1 Å². The predicted octanol–water partition coefficient (Wildman–Crippen LogP) is 2.13. The Morgan fingerprint density at radius 2 is 2.18 bits per heavy atom. The van der Waals surface area contributed by atoms with Gasteiger partial charge >= 0.3 is 0 Å². The number of anilines is 1. The van der Waals surface area contributed by atoms with E-state index >= 15 is 0 Å². The Morgan fingerprint density at radius 1 is 1.36 bits per heavy atom. The van der Waals surface area contributed by atoms with Crippen LogP contribution >= 0.6 is 0 Å². The van der Waals surface area contributed by atoms with Gasteiger partial charge in [0, 0.05) is 19.2 Å². The highest BCUT2D eigenvalue weighted by molar-refractivity contribution is 5.92. The standard InChI is InChI=1S/C16H24N4O2/c1-2-17-15(21)13-5-6-14(20-19-13)18-12-7-10-22-16(11-12)8-3-4-9-16/h5-6,12H,2-4,7-11H2,1H3,(H,17,21)(H,18,20)/t12-/m0/s1. The highest BCUT2D eigenvalue weighted by Crippen LogP contribution is 2.40. The van der Waals surface area contributed by atoms with E-state index in [1.165, 1.54) is 25.7 Å². The van der Waals surface area contributed by atoms with E-state index in [1.807, 2.05) is 13.0 Å². The third-order valence-electron chi connectivity index (χ3n) is 4.59. The molecule has 2 fully saturated rings. The van der Waals surface area contributed by atoms with Crippen molar-refractivity contribution < 1.29 is 9.53 Å². The van der Waals surface area contributed by atoms with Crippen LogP contribution in [-0.2, 0) is 4.74 Å². The predicted molar refractivity (Wildman–Crippen MR) is 83.8 cm³/mol. The van der Waals surface area contributed by atoms with Crippen LogP contribution in [0.25, 0.3) is 0 Å². The Bertz CT molecular complexity index is 511. The first-order valence-electron chi connectivity index (χ1n) is 8.23. The molecule has 22 heavy (non-hydrogen) atoms. The maximum Gasteiger partial charge on any atom is 0.271 e. The number of hydrogen-bond donors (Lipinski definition) is 2. The van der Waals surface area contributed by atoms with E-state index in [9.17, 15) is 4.79 Å². The Morgan fingerprint density at radius 3 is 2.86 bits per heavy atom. The third-order valence-corrected chi connectivity index (χ3v) is 4.59. The fourth-order valence-electron chi connectivity index (χ4n) is 3.51. The maximum absolute atomic E-state index is 11.7. The highest BCUT2D eigenvalue weighted by Gasteiger charge is 2.39. The summed E-state index contributed by atoms with van der Waals surface area (Å²) >= 11 is 0. The van der Waals surface area contributed by atoms with Crippen LogP contribution in [0.15, 0.2) is 12.1 Å². The SMILES string of the molecule is CCNC(=O)c1ccc(N[C@H]2CCOC3(CCCC3)C2)nn1. The van der Waals surface area contributed by atoms with Gasteiger partial charge in [0.1, 0.15) is 5.82 Å². The summed E-state index contributed by atoms with van der Waals surface area (Å²) in [7, 11) is 0. The molecule has 0 bridgehead atoms. The number of nitrogens with zero attached hydrogens (tertiary/aromatic N) is 2. The molecule has 2 aliphatic rings. The smallest absolute Gasteiger partial charge is 0.271 e. The van der Waals surface area contributed by atoms with Crippen molar-refractivity contribution in [2.45, 2.75) is 57.1 Å². The zero-order valence-corrected chi connectivity index (χ0v) is 13.1. The number of rotatable bonds is 4. The molecule has 2 heterocycles. The Balaban J connectivity index is 1.59. The fraction of sp³-hybridized carbons (Fsp3) is 0.688. The molecule has 1 saturated heterocycles. The zero-order chi connectivity index (χ0) is 15.4. The van der Waals surface area contributed by atoms with Crippen LogP contribution < -0.4 is 10.6 Å². The lowest BCUT2D eigenvalue weighted by atomic mass is 9.89. The van der Waals surface area contributed by atoms with E-state index in [1.54, 1.807) is 6.07 Å². The van der Waals surface area contributed by atoms with Crippen molar-refractivity contribution in [1.82, 2.24) is 15.5 Å². The maximum atomic E-state index is 11.7. The van der Waals surface area contributed by atoms with E-state index < -0.39 is 0 Å². The third kappa shape index (κ3) is 3.38. The van der Waals surface area contributed by atoms with Crippen LogP contribution in [0.2, 0.25) is 0 Å². The van der Waals surface area contributed by atoms with Crippen LogP contribution in [0.4, 0.5) is 5.82 Å². The lowest BCUT2D eigenvalue weighted by Gasteiger charge is -2.38. The normalized spacial score (nSPS) is 23.4. The lowest BCUT2D eigenvalue weighted by Crippen LogP contribution is -2.42. The van der Waals surface area contributed by atoms with Crippen molar-refractivity contribution >= 4 is 11.7 Å². The molecule has 1 atom stereocenters. The summed E-state index contributed by atoms with van der Waals surface area (Å²) < 4.78 is 6.04. The molecule has 1 aliphatic carbocycles. The summed E-state index contributed by atoms with van der Waals surface area (Å²) in [6.07, 6.45) is 6.91. The molecule has 1 spiro atoms. The van der Waals surface area contributed by atoms with Crippen molar-refractivity contribution in [1.29, 1.82) is 0 Å². The minimum atomic E-state index is -0.183. The fourth-order valence-corrected chi connectivity index (χ4v) is 3.51. The van der Waals surface area contributed by atoms with Gasteiger partial charge in [0.2, 0.25) is 0 Å². The second-order valence-corrected chi connectivity index (χ2v) is 6.24. The van der Waals surface area contributed by atoms with Gasteiger partial charge < -0.3 is 15.4 Å². The van der Waals surface area contributed by atoms with Crippen molar-refractivity contribution in [2.75, 3.05) is 18.5 Å². The number of hydrogen-bond acceptors (Lipinski definition) is 5. The van der Waals surface area contributed by atoms with Crippen LogP contribution in [-0.4, -0.2) is 40.9 Å². The van der Waals surface area contributed by atoms with Crippen LogP contribution in [0.1, 0.15) is 55.9 Å². The quantitative estimate of drug-likeness (QED) is 0.891. The minimum absolute atomic E-state index is 0.0876. The van der Waals surface area contributed by atoms with Gasteiger partial charge in [0.05, 0.1) is 5.60 Å². The molecule has 1 aromatic heterocycles. The summed E-state index contributed by atoms with van der Waals surface area (Å²) in [6, 6.07) is 3.91. The molecule has 0 aromatic carbocycles. The molecule has 2 N–H and O–H groups in total. The van der Waals surface area contributed by atoms with Gasteiger partial charge in [-0.1, -0.05) is 12.8 Å². The molecule has 120 valence electrons. The Labute approximate surface area is 131 Å². The first-order chi connectivity index (χ1) is 10.7. The molecule has 0 radical (unpaired) electrons. The molecule has 1 aliphatic heterocycles. The van der Waals surface area contributed by atoms with Crippen molar-refractivity contribution in [3.05, 3.63) is 17.8 Å². The molecule has 1 amide bonds. The Kier molecular flexibility index (Phi) is 4.57. The van der Waals surface area contributed by atoms with Crippen LogP contribution in [0.3, 0.4) is 0 Å². The first kappa shape index (κ1) is 15.2. The highest BCUT2D eigenvalue weighted by atomic mass is 16.5. The number of carbonyl (C=O) groups is 1. The largest absolute Gasteiger partial charge is 0.375 e. The van der Waals surface area contributed by atoms with Crippen LogP contribution in [0.5, 0.6) is 0 Å². The van der Waals surface area contributed by atoms with Gasteiger partial charge in [0.25, 0.3) is 5.91 Å². The van der Waals surface area contributed by atoms with E-state index in [2.05, 4.69) is 20.8 Å². The number of aromatic nitrogens is 2. The Hall–Kier alpha value is -1.69. The monoisotopic (exact) mass is 304 g/mol. The molecule has 6 nitrogen and oxygen atoms in total. The van der Waals surface area contributed by atoms with Gasteiger partial charge in [-0.2, -0.15) is 0 Å². The number of carbonyl (C=O) groups excluding carboxylic acids is 1. The molecule has 0 unspecified atom stereocenters. The van der Waals surface area contributed by atoms with Crippen molar-refractivity contribution in [2.24, 2.45) is 0 Å². The summed E-state index contributed by atoms with van der Waals surface area (Å²) in [5.41, 5.74) is 0.441. The van der Waals surface area contributed by atoms with Gasteiger partial charge in [-0.25, -0.2) is 0 Å². The molecular weight excluding hydrogens is 280 g/mol. The lowest BCUT2D eigenvalue weighted by molar-refractivity contribution is -0.0767. The zero-order valence-electron chi connectivity index (χ0n) is 13.1. The van der Waals surface area contributed by atoms with Gasteiger partial charge in [-0.3, -0.25) is 4.79 Å². The van der Waals surface area contributed by atoms with E-state index in [-0.39, 0.29) is 11.5 Å². The van der Waals surface area contributed by atoms with E-state index in [0.29, 0.717) is 18.3 Å². The second-order valence-electron chi connectivity index (χ2n) is 6.24. The van der Waals surface area contributed by atoms with Crippen LogP contribution in [0, 0.1) is 0 Å². The summed E-state index contributed by atoms with van der Waals surface area (Å²) in [5.74, 6) is 0.547. The molecule has 3 rings (SSSR count). The number of ether oxygens (including phenoxy) is 1. The molecule has 6 heteroatoms. The van der Waals surface area contributed by atoms with Gasteiger partial charge in [-0.05, 0) is 44.7 Å². The second kappa shape index (κ2) is 6.60. The van der Waals surface area contributed by atoms with Gasteiger partial charge in [0.15, 0.2) is 5.69 Å². The average Bonchev–Trinajstić information content (AvgIpc) is 2.96. The van der Waals surface area contributed by atoms with E-state index in [4.69, 9.17) is 4.74 Å². The number of amides is 1. The average molecular weight is 304 g/mol. The number of nitrogens with one attached hydrogen (secondary N) is 2. The first-order valence-corrected chi connectivity index (χ1v) is 8.23. The summed E-state index contributed by atoms with van der Waals surface area (Å²) in [6.45, 7) is 3.28. The van der Waals surface area contributed by atoms with E-state index in [0.717, 1.165) is 25.3 Å². The van der Waals surface area contributed by atoms with Crippen molar-refractivity contribution in [3.8, 4) is 0 Å². The summed E-state index contributed by atoms with van der Waals surface area (Å²) in [5, 5.41) is 14.3. The minimum Gasteiger partial charge on any atom is -0.375 e. The molecule has 1 aromatic rings. The summed E-state index contributed by atoms with van der Waals surface area (Å²) in [4.78, 5) is 11.7. The van der Waals surface area contributed by atoms with Gasteiger partial charge in [-0.15, -0.1) is 10.2 Å². The molecular formula is C16H24N4O2. The molecule has 1 saturated carbocycles.